The van der Waals surface area contributed by atoms with E-state index in [9.17, 15) is 14.3 Å². The lowest BCUT2D eigenvalue weighted by atomic mass is 10.1. The van der Waals surface area contributed by atoms with Crippen LogP contribution in [0.3, 0.4) is 0 Å². The third-order valence-corrected chi connectivity index (χ3v) is 4.63. The van der Waals surface area contributed by atoms with Crippen LogP contribution in [-0.2, 0) is 6.54 Å². The summed E-state index contributed by atoms with van der Waals surface area (Å²) in [7, 11) is 0. The summed E-state index contributed by atoms with van der Waals surface area (Å²) in [5, 5.41) is 17.2. The van der Waals surface area contributed by atoms with Gasteiger partial charge in [-0.25, -0.2) is 9.18 Å². The van der Waals surface area contributed by atoms with Crippen LogP contribution in [0.15, 0.2) is 41.1 Å². The molecule has 4 nitrogen and oxygen atoms in total. The second-order valence-electron chi connectivity index (χ2n) is 5.74. The molecule has 1 saturated carbocycles. The first-order valence-corrected chi connectivity index (χ1v) is 8.57. The first-order chi connectivity index (χ1) is 11.1. The molecular weight excluding hydrogens is 315 g/mol. The Hall–Kier alpha value is -1.92. The Morgan fingerprint density at radius 3 is 2.70 bits per heavy atom. The molecule has 2 aromatic rings. The van der Waals surface area contributed by atoms with Gasteiger partial charge in [-0.3, -0.25) is 0 Å². The van der Waals surface area contributed by atoms with Crippen molar-refractivity contribution in [1.82, 2.24) is 10.2 Å². The predicted molar refractivity (Wildman–Crippen MR) is 87.6 cm³/mol. The minimum Gasteiger partial charge on any atom is -0.387 e. The molecule has 0 unspecified atom stereocenters. The minimum absolute atomic E-state index is 0.167. The Labute approximate surface area is 138 Å². The van der Waals surface area contributed by atoms with E-state index >= 15 is 0 Å². The number of halogens is 1. The molecule has 1 aliphatic rings. The van der Waals surface area contributed by atoms with Crippen molar-refractivity contribution in [1.29, 1.82) is 0 Å². The van der Waals surface area contributed by atoms with Gasteiger partial charge in [-0.1, -0.05) is 12.1 Å². The predicted octanol–water partition coefficient (Wildman–Crippen LogP) is 3.29. The van der Waals surface area contributed by atoms with Crippen molar-refractivity contribution in [2.24, 2.45) is 0 Å². The van der Waals surface area contributed by atoms with Crippen molar-refractivity contribution in [3.05, 3.63) is 58.0 Å². The van der Waals surface area contributed by atoms with Crippen molar-refractivity contribution >= 4 is 17.4 Å². The number of nitrogens with one attached hydrogen (secondary N) is 1. The number of hydrogen-bond acceptors (Lipinski definition) is 3. The maximum absolute atomic E-state index is 13.0. The maximum atomic E-state index is 13.0. The van der Waals surface area contributed by atoms with Gasteiger partial charge in [0.1, 0.15) is 5.82 Å². The van der Waals surface area contributed by atoms with Crippen LogP contribution in [0.5, 0.6) is 0 Å². The van der Waals surface area contributed by atoms with Crippen molar-refractivity contribution in [3.63, 3.8) is 0 Å². The van der Waals surface area contributed by atoms with E-state index in [2.05, 4.69) is 5.32 Å². The number of benzene rings is 1. The maximum Gasteiger partial charge on any atom is 0.318 e. The first kappa shape index (κ1) is 16.0. The number of thiophene rings is 1. The highest BCUT2D eigenvalue weighted by molar-refractivity contribution is 7.07. The Bertz CT molecular complexity index is 641. The molecule has 0 spiro atoms. The number of urea groups is 1. The molecule has 1 aliphatic carbocycles. The third kappa shape index (κ3) is 4.30. The number of aliphatic hydroxyl groups excluding tert-OH is 1. The smallest absolute Gasteiger partial charge is 0.318 e. The van der Waals surface area contributed by atoms with Crippen LogP contribution in [0.25, 0.3) is 0 Å². The van der Waals surface area contributed by atoms with Crippen molar-refractivity contribution in [3.8, 4) is 0 Å². The molecule has 0 aliphatic heterocycles. The molecule has 2 N–H and O–H groups in total. The van der Waals surface area contributed by atoms with Gasteiger partial charge in [0.05, 0.1) is 12.6 Å². The van der Waals surface area contributed by atoms with Crippen LogP contribution in [0, 0.1) is 5.82 Å². The van der Waals surface area contributed by atoms with Gasteiger partial charge in [-0.2, -0.15) is 11.3 Å². The van der Waals surface area contributed by atoms with E-state index in [-0.39, 0.29) is 24.4 Å². The van der Waals surface area contributed by atoms with Crippen molar-refractivity contribution in [2.45, 2.75) is 31.5 Å². The van der Waals surface area contributed by atoms with Crippen LogP contribution in [0.4, 0.5) is 9.18 Å². The van der Waals surface area contributed by atoms with Crippen LogP contribution in [0.2, 0.25) is 0 Å². The summed E-state index contributed by atoms with van der Waals surface area (Å²) in [4.78, 5) is 14.1. The van der Waals surface area contributed by atoms with E-state index in [1.807, 2.05) is 16.8 Å². The van der Waals surface area contributed by atoms with Crippen LogP contribution < -0.4 is 5.32 Å². The zero-order valence-corrected chi connectivity index (χ0v) is 13.4. The molecule has 6 heteroatoms. The van der Waals surface area contributed by atoms with Gasteiger partial charge in [-0.05, 0) is 52.9 Å². The van der Waals surface area contributed by atoms with Gasteiger partial charge in [0.15, 0.2) is 0 Å². The fourth-order valence-electron chi connectivity index (χ4n) is 2.43. The van der Waals surface area contributed by atoms with Crippen LogP contribution in [-0.4, -0.2) is 28.6 Å². The molecule has 1 heterocycles. The summed E-state index contributed by atoms with van der Waals surface area (Å²) in [6.07, 6.45) is 1.10. The summed E-state index contributed by atoms with van der Waals surface area (Å²) >= 11 is 1.59. The van der Waals surface area contributed by atoms with Gasteiger partial charge in [0, 0.05) is 12.6 Å². The van der Waals surface area contributed by atoms with Gasteiger partial charge < -0.3 is 15.3 Å². The zero-order valence-electron chi connectivity index (χ0n) is 12.6. The standard InChI is InChI=1S/C17H19FN2O2S/c18-14-3-1-13(2-4-14)16(21)10-20(15-5-6-15)17(22)19-9-12-7-8-23-11-12/h1-4,7-8,11,15-16,21H,5-6,9-10H2,(H,19,22)/t16-/m1/s1. The van der Waals surface area contributed by atoms with E-state index in [1.165, 1.54) is 12.1 Å². The summed E-state index contributed by atoms with van der Waals surface area (Å²) in [5.41, 5.74) is 1.68. The monoisotopic (exact) mass is 334 g/mol. The molecular formula is C17H19FN2O2S. The number of rotatable bonds is 6. The van der Waals surface area contributed by atoms with Crippen molar-refractivity contribution < 1.29 is 14.3 Å². The highest BCUT2D eigenvalue weighted by Crippen LogP contribution is 2.29. The highest BCUT2D eigenvalue weighted by atomic mass is 32.1. The number of hydrogen-bond donors (Lipinski definition) is 2. The molecule has 122 valence electrons. The fourth-order valence-corrected chi connectivity index (χ4v) is 3.10. The zero-order chi connectivity index (χ0) is 16.2. The van der Waals surface area contributed by atoms with E-state index in [0.29, 0.717) is 12.1 Å². The summed E-state index contributed by atoms with van der Waals surface area (Å²) in [5.74, 6) is -0.339. The molecule has 0 bridgehead atoms. The second-order valence-corrected chi connectivity index (χ2v) is 6.52. The average Bonchev–Trinajstić information content (AvgIpc) is 3.26. The third-order valence-electron chi connectivity index (χ3n) is 3.90. The lowest BCUT2D eigenvalue weighted by Gasteiger charge is -2.25. The Morgan fingerprint density at radius 2 is 2.09 bits per heavy atom. The fraction of sp³-hybridized carbons (Fsp3) is 0.353. The molecule has 0 saturated heterocycles. The molecule has 3 rings (SSSR count). The van der Waals surface area contributed by atoms with Crippen molar-refractivity contribution in [2.75, 3.05) is 6.54 Å². The normalized spacial score (nSPS) is 15.2. The Morgan fingerprint density at radius 1 is 1.35 bits per heavy atom. The minimum atomic E-state index is -0.817. The number of amides is 2. The quantitative estimate of drug-likeness (QED) is 0.852. The molecule has 1 aromatic heterocycles. The first-order valence-electron chi connectivity index (χ1n) is 7.62. The van der Waals surface area contributed by atoms with E-state index in [1.54, 1.807) is 28.4 Å². The molecule has 1 atom stereocenters. The van der Waals surface area contributed by atoms with Gasteiger partial charge >= 0.3 is 6.03 Å². The van der Waals surface area contributed by atoms with Gasteiger partial charge in [0.2, 0.25) is 0 Å². The van der Waals surface area contributed by atoms with E-state index in [4.69, 9.17) is 0 Å². The molecule has 1 fully saturated rings. The van der Waals surface area contributed by atoms with Gasteiger partial charge in [0.25, 0.3) is 0 Å². The lowest BCUT2D eigenvalue weighted by molar-refractivity contribution is 0.117. The summed E-state index contributed by atoms with van der Waals surface area (Å²) in [6.45, 7) is 0.698. The SMILES string of the molecule is O=C(NCc1ccsc1)N(C[C@@H](O)c1ccc(F)cc1)C1CC1. The average molecular weight is 334 g/mol. The van der Waals surface area contributed by atoms with Crippen LogP contribution in [0.1, 0.15) is 30.1 Å². The number of carbonyl (C=O) groups excluding carboxylic acids is 1. The van der Waals surface area contributed by atoms with E-state index < -0.39 is 6.10 Å². The Kier molecular flexibility index (Phi) is 4.93. The summed E-state index contributed by atoms with van der Waals surface area (Å²) in [6, 6.07) is 7.72. The topological polar surface area (TPSA) is 52.6 Å². The number of aliphatic hydroxyl groups is 1. The largest absolute Gasteiger partial charge is 0.387 e. The lowest BCUT2D eigenvalue weighted by Crippen LogP contribution is -2.43. The highest BCUT2D eigenvalue weighted by Gasteiger charge is 2.33. The molecule has 23 heavy (non-hydrogen) atoms. The number of nitrogens with zero attached hydrogens (tertiary/aromatic N) is 1. The van der Waals surface area contributed by atoms with Gasteiger partial charge in [-0.15, -0.1) is 0 Å². The molecule has 2 amide bonds. The second kappa shape index (κ2) is 7.10. The molecule has 1 aromatic carbocycles. The van der Waals surface area contributed by atoms with Crippen LogP contribution >= 0.6 is 11.3 Å². The summed E-state index contributed by atoms with van der Waals surface area (Å²) < 4.78 is 13.0. The van der Waals surface area contributed by atoms with E-state index in [0.717, 1.165) is 18.4 Å². The molecule has 0 radical (unpaired) electrons. The number of carbonyl (C=O) groups is 1. The Balaban J connectivity index is 1.59.